The van der Waals surface area contributed by atoms with Gasteiger partial charge in [-0.1, -0.05) is 96.9 Å². The SMILES string of the molecule is C#CCN(Cc1ccccc1)C(=NCc1ccccc1)NCc1ccccc1. The Morgan fingerprint density at radius 2 is 1.32 bits per heavy atom. The second-order valence-corrected chi connectivity index (χ2v) is 6.51. The molecular weight excluding hydrogens is 342 g/mol. The summed E-state index contributed by atoms with van der Waals surface area (Å²) in [6.07, 6.45) is 5.66. The van der Waals surface area contributed by atoms with E-state index in [0.29, 0.717) is 26.2 Å². The average molecular weight is 367 g/mol. The largest absolute Gasteiger partial charge is 0.352 e. The lowest BCUT2D eigenvalue weighted by Crippen LogP contribution is -2.41. The summed E-state index contributed by atoms with van der Waals surface area (Å²) in [5, 5.41) is 3.49. The van der Waals surface area contributed by atoms with Gasteiger partial charge in [0.05, 0.1) is 13.1 Å². The van der Waals surface area contributed by atoms with Gasteiger partial charge in [-0.05, 0) is 16.7 Å². The molecule has 0 amide bonds. The highest BCUT2D eigenvalue weighted by atomic mass is 15.3. The van der Waals surface area contributed by atoms with Crippen LogP contribution in [0.3, 0.4) is 0 Å². The highest BCUT2D eigenvalue weighted by Gasteiger charge is 2.11. The lowest BCUT2D eigenvalue weighted by atomic mass is 10.2. The van der Waals surface area contributed by atoms with Gasteiger partial charge in [-0.25, -0.2) is 4.99 Å². The summed E-state index contributed by atoms with van der Waals surface area (Å²) in [5.74, 6) is 3.58. The van der Waals surface area contributed by atoms with Crippen molar-refractivity contribution < 1.29 is 0 Å². The Kier molecular flexibility index (Phi) is 7.29. The van der Waals surface area contributed by atoms with Crippen molar-refractivity contribution in [3.63, 3.8) is 0 Å². The van der Waals surface area contributed by atoms with Gasteiger partial charge in [-0.3, -0.25) is 0 Å². The first-order valence-corrected chi connectivity index (χ1v) is 9.43. The number of rotatable bonds is 7. The Balaban J connectivity index is 1.80. The van der Waals surface area contributed by atoms with Gasteiger partial charge >= 0.3 is 0 Å². The van der Waals surface area contributed by atoms with Crippen molar-refractivity contribution in [3.05, 3.63) is 108 Å². The Bertz CT molecular complexity index is 897. The van der Waals surface area contributed by atoms with Crippen molar-refractivity contribution in [2.45, 2.75) is 19.6 Å². The van der Waals surface area contributed by atoms with Crippen molar-refractivity contribution in [1.29, 1.82) is 0 Å². The van der Waals surface area contributed by atoms with Crippen LogP contribution in [0.1, 0.15) is 16.7 Å². The predicted molar refractivity (Wildman–Crippen MR) is 117 cm³/mol. The van der Waals surface area contributed by atoms with E-state index in [2.05, 4.69) is 52.5 Å². The van der Waals surface area contributed by atoms with Crippen molar-refractivity contribution in [2.75, 3.05) is 6.54 Å². The summed E-state index contributed by atoms with van der Waals surface area (Å²) in [7, 11) is 0. The van der Waals surface area contributed by atoms with E-state index in [4.69, 9.17) is 11.4 Å². The molecule has 0 atom stereocenters. The van der Waals surface area contributed by atoms with E-state index in [9.17, 15) is 0 Å². The van der Waals surface area contributed by atoms with E-state index in [0.717, 1.165) is 5.96 Å². The molecular formula is C25H25N3. The number of nitrogens with one attached hydrogen (secondary N) is 1. The molecule has 3 rings (SSSR count). The summed E-state index contributed by atoms with van der Waals surface area (Å²) >= 11 is 0. The topological polar surface area (TPSA) is 27.6 Å². The number of hydrogen-bond acceptors (Lipinski definition) is 1. The summed E-state index contributed by atoms with van der Waals surface area (Å²) in [6, 6.07) is 30.9. The second-order valence-electron chi connectivity index (χ2n) is 6.51. The van der Waals surface area contributed by atoms with Crippen LogP contribution < -0.4 is 5.32 Å². The smallest absolute Gasteiger partial charge is 0.195 e. The summed E-state index contributed by atoms with van der Waals surface area (Å²) in [5.41, 5.74) is 3.57. The first kappa shape index (κ1) is 19.3. The quantitative estimate of drug-likeness (QED) is 0.379. The number of aliphatic imine (C=N–C) groups is 1. The van der Waals surface area contributed by atoms with Gasteiger partial charge in [0.15, 0.2) is 5.96 Å². The maximum absolute atomic E-state index is 5.66. The molecule has 3 aromatic carbocycles. The van der Waals surface area contributed by atoms with E-state index in [-0.39, 0.29) is 0 Å². The number of hydrogen-bond donors (Lipinski definition) is 1. The maximum Gasteiger partial charge on any atom is 0.195 e. The van der Waals surface area contributed by atoms with Gasteiger partial charge in [0.1, 0.15) is 0 Å². The number of benzene rings is 3. The van der Waals surface area contributed by atoms with Gasteiger partial charge in [-0.15, -0.1) is 6.42 Å². The molecule has 140 valence electrons. The number of nitrogens with zero attached hydrogens (tertiary/aromatic N) is 2. The highest BCUT2D eigenvalue weighted by Crippen LogP contribution is 2.07. The molecule has 0 spiro atoms. The van der Waals surface area contributed by atoms with Crippen LogP contribution in [0.2, 0.25) is 0 Å². The van der Waals surface area contributed by atoms with Crippen LogP contribution in [0.25, 0.3) is 0 Å². The third-order valence-electron chi connectivity index (χ3n) is 4.35. The molecule has 0 aliphatic rings. The van der Waals surface area contributed by atoms with E-state index in [1.807, 2.05) is 54.6 Å². The minimum absolute atomic E-state index is 0.490. The molecule has 0 saturated heterocycles. The Hall–Kier alpha value is -3.51. The van der Waals surface area contributed by atoms with E-state index >= 15 is 0 Å². The van der Waals surface area contributed by atoms with Crippen molar-refractivity contribution in [2.24, 2.45) is 4.99 Å². The van der Waals surface area contributed by atoms with Crippen molar-refractivity contribution in [3.8, 4) is 12.3 Å². The van der Waals surface area contributed by atoms with Gasteiger partial charge in [0.25, 0.3) is 0 Å². The minimum Gasteiger partial charge on any atom is -0.352 e. The summed E-state index contributed by atoms with van der Waals surface area (Å²) in [6.45, 7) is 2.50. The first-order valence-electron chi connectivity index (χ1n) is 9.43. The molecule has 0 saturated carbocycles. The summed E-state index contributed by atoms with van der Waals surface area (Å²) < 4.78 is 0. The lowest BCUT2D eigenvalue weighted by Gasteiger charge is -2.25. The van der Waals surface area contributed by atoms with E-state index in [1.165, 1.54) is 16.7 Å². The zero-order valence-electron chi connectivity index (χ0n) is 16.0. The van der Waals surface area contributed by atoms with E-state index < -0.39 is 0 Å². The van der Waals surface area contributed by atoms with Crippen LogP contribution in [-0.4, -0.2) is 17.4 Å². The number of terminal acetylenes is 1. The third kappa shape index (κ3) is 6.03. The standard InChI is InChI=1S/C25H25N3/c1-2-18-28(21-24-16-10-5-11-17-24)25(26-19-22-12-6-3-7-13-22)27-20-23-14-8-4-9-15-23/h1,3-17H,18-21H2,(H,26,27). The Morgan fingerprint density at radius 1 is 0.786 bits per heavy atom. The van der Waals surface area contributed by atoms with Crippen LogP contribution in [-0.2, 0) is 19.6 Å². The van der Waals surface area contributed by atoms with Gasteiger partial charge in [-0.2, -0.15) is 0 Å². The number of guanidine groups is 1. The molecule has 0 aliphatic carbocycles. The maximum atomic E-state index is 5.66. The monoisotopic (exact) mass is 367 g/mol. The normalized spacial score (nSPS) is 10.9. The van der Waals surface area contributed by atoms with Crippen LogP contribution in [0, 0.1) is 12.3 Å². The fraction of sp³-hybridized carbons (Fsp3) is 0.160. The van der Waals surface area contributed by atoms with E-state index in [1.54, 1.807) is 0 Å². The molecule has 0 bridgehead atoms. The zero-order chi connectivity index (χ0) is 19.4. The van der Waals surface area contributed by atoms with Gasteiger partial charge in [0, 0.05) is 13.1 Å². The Morgan fingerprint density at radius 3 is 1.89 bits per heavy atom. The van der Waals surface area contributed by atoms with Gasteiger partial charge < -0.3 is 10.2 Å². The van der Waals surface area contributed by atoms with Crippen LogP contribution in [0.5, 0.6) is 0 Å². The van der Waals surface area contributed by atoms with Gasteiger partial charge in [0.2, 0.25) is 0 Å². The molecule has 0 unspecified atom stereocenters. The fourth-order valence-corrected chi connectivity index (χ4v) is 2.91. The molecule has 0 heterocycles. The molecule has 0 fully saturated rings. The fourth-order valence-electron chi connectivity index (χ4n) is 2.91. The predicted octanol–water partition coefficient (Wildman–Crippen LogP) is 4.47. The molecule has 0 aliphatic heterocycles. The molecule has 3 nitrogen and oxygen atoms in total. The highest BCUT2D eigenvalue weighted by molar-refractivity contribution is 5.80. The average Bonchev–Trinajstić information content (AvgIpc) is 2.76. The van der Waals surface area contributed by atoms with Crippen LogP contribution >= 0.6 is 0 Å². The molecule has 3 aromatic rings. The molecule has 1 N–H and O–H groups in total. The Labute approximate surface area is 167 Å². The molecule has 28 heavy (non-hydrogen) atoms. The first-order chi connectivity index (χ1) is 13.8. The lowest BCUT2D eigenvalue weighted by molar-refractivity contribution is 0.440. The second kappa shape index (κ2) is 10.6. The van der Waals surface area contributed by atoms with Crippen molar-refractivity contribution >= 4 is 5.96 Å². The third-order valence-corrected chi connectivity index (χ3v) is 4.35. The van der Waals surface area contributed by atoms with Crippen molar-refractivity contribution in [1.82, 2.24) is 10.2 Å². The molecule has 0 aromatic heterocycles. The zero-order valence-corrected chi connectivity index (χ0v) is 16.0. The molecule has 0 radical (unpaired) electrons. The summed E-state index contributed by atoms with van der Waals surface area (Å²) in [4.78, 5) is 6.97. The van der Waals surface area contributed by atoms with Crippen LogP contribution in [0.15, 0.2) is 96.0 Å². The molecule has 3 heteroatoms. The van der Waals surface area contributed by atoms with Crippen LogP contribution in [0.4, 0.5) is 0 Å². The minimum atomic E-state index is 0.490.